The van der Waals surface area contributed by atoms with Crippen molar-refractivity contribution < 1.29 is 23.8 Å². The Morgan fingerprint density at radius 2 is 2.00 bits per heavy atom. The SMILES string of the molecule is CC[C@@H](C(=O)N1CCC(Oc2ccc(F)cn2)CC1)N(C(=O)O)C(C)(C)C. The molecule has 2 amide bonds. The lowest BCUT2D eigenvalue weighted by atomic mass is 10.00. The molecule has 2 rings (SSSR count). The Hall–Kier alpha value is -2.38. The third-order valence-corrected chi connectivity index (χ3v) is 4.65. The van der Waals surface area contributed by atoms with Crippen molar-refractivity contribution in [2.45, 2.75) is 64.6 Å². The lowest BCUT2D eigenvalue weighted by molar-refractivity contribution is -0.140. The second-order valence-corrected chi connectivity index (χ2v) is 7.70. The van der Waals surface area contributed by atoms with Gasteiger partial charge in [0.25, 0.3) is 0 Å². The molecular weight excluding hydrogens is 353 g/mol. The molecule has 0 aliphatic carbocycles. The van der Waals surface area contributed by atoms with Crippen molar-refractivity contribution in [2.75, 3.05) is 13.1 Å². The largest absolute Gasteiger partial charge is 0.474 e. The van der Waals surface area contributed by atoms with E-state index < -0.39 is 23.5 Å². The number of pyridine rings is 1. The average molecular weight is 381 g/mol. The lowest BCUT2D eigenvalue weighted by Crippen LogP contribution is -2.58. The number of carbonyl (C=O) groups excluding carboxylic acids is 1. The van der Waals surface area contributed by atoms with Gasteiger partial charge in [0.2, 0.25) is 11.8 Å². The molecule has 1 aliphatic heterocycles. The molecule has 0 bridgehead atoms. The number of rotatable bonds is 5. The summed E-state index contributed by atoms with van der Waals surface area (Å²) in [6.45, 7) is 8.14. The van der Waals surface area contributed by atoms with Gasteiger partial charge in [-0.25, -0.2) is 14.2 Å². The number of nitrogens with zero attached hydrogens (tertiary/aromatic N) is 3. The molecule has 150 valence electrons. The molecule has 1 N–H and O–H groups in total. The van der Waals surface area contributed by atoms with E-state index in [1.54, 1.807) is 25.7 Å². The Morgan fingerprint density at radius 3 is 2.44 bits per heavy atom. The Balaban J connectivity index is 1.98. The highest BCUT2D eigenvalue weighted by molar-refractivity contribution is 5.85. The lowest BCUT2D eigenvalue weighted by Gasteiger charge is -2.41. The Bertz CT molecular complexity index is 652. The van der Waals surface area contributed by atoms with Gasteiger partial charge in [-0.3, -0.25) is 9.69 Å². The molecule has 8 heteroatoms. The second-order valence-electron chi connectivity index (χ2n) is 7.70. The predicted octanol–water partition coefficient (Wildman–Crippen LogP) is 3.15. The fourth-order valence-corrected chi connectivity index (χ4v) is 3.36. The maximum Gasteiger partial charge on any atom is 0.408 e. The first-order chi connectivity index (χ1) is 12.6. The number of hydrogen-bond donors (Lipinski definition) is 1. The summed E-state index contributed by atoms with van der Waals surface area (Å²) in [7, 11) is 0. The van der Waals surface area contributed by atoms with Crippen LogP contribution in [0.2, 0.25) is 0 Å². The van der Waals surface area contributed by atoms with E-state index >= 15 is 0 Å². The average Bonchev–Trinajstić information content (AvgIpc) is 2.60. The molecule has 1 saturated heterocycles. The molecule has 7 nitrogen and oxygen atoms in total. The first-order valence-corrected chi connectivity index (χ1v) is 9.22. The Labute approximate surface area is 159 Å². The van der Waals surface area contributed by atoms with Crippen molar-refractivity contribution >= 4 is 12.0 Å². The molecule has 2 heterocycles. The first-order valence-electron chi connectivity index (χ1n) is 9.22. The molecular formula is C19H28FN3O4. The number of likely N-dealkylation sites (tertiary alicyclic amines) is 1. The maximum atomic E-state index is 13.0. The van der Waals surface area contributed by atoms with Crippen LogP contribution >= 0.6 is 0 Å². The van der Waals surface area contributed by atoms with E-state index in [1.165, 1.54) is 17.0 Å². The maximum absolute atomic E-state index is 13.0. The third-order valence-electron chi connectivity index (χ3n) is 4.65. The van der Waals surface area contributed by atoms with Gasteiger partial charge in [-0.2, -0.15) is 0 Å². The van der Waals surface area contributed by atoms with E-state index in [4.69, 9.17) is 4.74 Å². The number of halogens is 1. The summed E-state index contributed by atoms with van der Waals surface area (Å²) in [5, 5.41) is 9.58. The monoisotopic (exact) mass is 381 g/mol. The van der Waals surface area contributed by atoms with E-state index in [2.05, 4.69) is 4.98 Å². The number of carbonyl (C=O) groups is 2. The van der Waals surface area contributed by atoms with E-state index in [1.807, 2.05) is 6.92 Å². The van der Waals surface area contributed by atoms with Crippen molar-refractivity contribution in [1.29, 1.82) is 0 Å². The minimum absolute atomic E-state index is 0.106. The zero-order valence-electron chi connectivity index (χ0n) is 16.3. The number of ether oxygens (including phenoxy) is 1. The third kappa shape index (κ3) is 5.30. The van der Waals surface area contributed by atoms with Crippen LogP contribution in [0.25, 0.3) is 0 Å². The molecule has 1 fully saturated rings. The summed E-state index contributed by atoms with van der Waals surface area (Å²) in [5.41, 5.74) is -0.669. The van der Waals surface area contributed by atoms with Crippen molar-refractivity contribution in [3.8, 4) is 5.88 Å². The van der Waals surface area contributed by atoms with E-state index in [0.29, 0.717) is 38.2 Å². The summed E-state index contributed by atoms with van der Waals surface area (Å²) in [6.07, 6.45) is 1.55. The number of aromatic nitrogens is 1. The van der Waals surface area contributed by atoms with Crippen LogP contribution in [0.1, 0.15) is 47.0 Å². The fraction of sp³-hybridized carbons (Fsp3) is 0.632. The smallest absolute Gasteiger partial charge is 0.408 e. The van der Waals surface area contributed by atoms with Gasteiger partial charge in [0.05, 0.1) is 6.20 Å². The van der Waals surface area contributed by atoms with Crippen molar-refractivity contribution in [3.63, 3.8) is 0 Å². The molecule has 0 saturated carbocycles. The zero-order valence-corrected chi connectivity index (χ0v) is 16.3. The molecule has 0 radical (unpaired) electrons. The number of hydrogen-bond acceptors (Lipinski definition) is 4. The van der Waals surface area contributed by atoms with Crippen LogP contribution in [0, 0.1) is 5.82 Å². The predicted molar refractivity (Wildman–Crippen MR) is 98.1 cm³/mol. The molecule has 0 spiro atoms. The quantitative estimate of drug-likeness (QED) is 0.847. The molecule has 1 atom stereocenters. The van der Waals surface area contributed by atoms with Gasteiger partial charge in [0.15, 0.2) is 0 Å². The minimum atomic E-state index is -1.09. The molecule has 1 aliphatic rings. The van der Waals surface area contributed by atoms with Crippen LogP contribution in [0.15, 0.2) is 18.3 Å². The normalized spacial score (nSPS) is 16.7. The number of piperidine rings is 1. The highest BCUT2D eigenvalue weighted by Crippen LogP contribution is 2.23. The summed E-state index contributed by atoms with van der Waals surface area (Å²) in [5.74, 6) is -0.235. The van der Waals surface area contributed by atoms with Gasteiger partial charge < -0.3 is 14.7 Å². The fourth-order valence-electron chi connectivity index (χ4n) is 3.36. The summed E-state index contributed by atoms with van der Waals surface area (Å²) in [4.78, 5) is 31.5. The topological polar surface area (TPSA) is 83.0 Å². The summed E-state index contributed by atoms with van der Waals surface area (Å²) in [6, 6.07) is 2.06. The highest BCUT2D eigenvalue weighted by Gasteiger charge is 2.39. The van der Waals surface area contributed by atoms with Gasteiger partial charge in [0.1, 0.15) is 18.0 Å². The van der Waals surface area contributed by atoms with Gasteiger partial charge in [-0.1, -0.05) is 6.92 Å². The van der Waals surface area contributed by atoms with Crippen LogP contribution in [0.3, 0.4) is 0 Å². The molecule has 1 aromatic heterocycles. The van der Waals surface area contributed by atoms with E-state index in [9.17, 15) is 19.1 Å². The second kappa shape index (κ2) is 8.54. The van der Waals surface area contributed by atoms with Crippen LogP contribution in [-0.4, -0.2) is 62.7 Å². The van der Waals surface area contributed by atoms with Crippen molar-refractivity contribution in [3.05, 3.63) is 24.1 Å². The molecule has 0 aromatic carbocycles. The number of amides is 2. The number of carboxylic acid groups (broad SMARTS) is 1. The molecule has 27 heavy (non-hydrogen) atoms. The minimum Gasteiger partial charge on any atom is -0.474 e. The van der Waals surface area contributed by atoms with Gasteiger partial charge >= 0.3 is 6.09 Å². The van der Waals surface area contributed by atoms with Crippen LogP contribution in [-0.2, 0) is 4.79 Å². The first kappa shape index (κ1) is 20.9. The van der Waals surface area contributed by atoms with E-state index in [0.717, 1.165) is 6.20 Å². The van der Waals surface area contributed by atoms with Crippen LogP contribution < -0.4 is 4.74 Å². The van der Waals surface area contributed by atoms with Gasteiger partial charge in [-0.15, -0.1) is 0 Å². The van der Waals surface area contributed by atoms with Gasteiger partial charge in [0, 0.05) is 37.5 Å². The van der Waals surface area contributed by atoms with Gasteiger partial charge in [-0.05, 0) is 33.3 Å². The highest BCUT2D eigenvalue weighted by atomic mass is 19.1. The van der Waals surface area contributed by atoms with Crippen LogP contribution in [0.5, 0.6) is 5.88 Å². The zero-order chi connectivity index (χ0) is 20.2. The van der Waals surface area contributed by atoms with Crippen LogP contribution in [0.4, 0.5) is 9.18 Å². The standard InChI is InChI=1S/C19H28FN3O4/c1-5-15(23(18(25)26)19(2,3)4)17(24)22-10-8-14(9-11-22)27-16-7-6-13(20)12-21-16/h6-7,12,14-15H,5,8-11H2,1-4H3,(H,25,26)/t15-/m0/s1. The van der Waals surface area contributed by atoms with E-state index in [-0.39, 0.29) is 12.0 Å². The summed E-state index contributed by atoms with van der Waals surface area (Å²) >= 11 is 0. The Morgan fingerprint density at radius 1 is 1.37 bits per heavy atom. The van der Waals surface area contributed by atoms with Crippen molar-refractivity contribution in [2.24, 2.45) is 0 Å². The Kier molecular flexibility index (Phi) is 6.62. The molecule has 1 aromatic rings. The van der Waals surface area contributed by atoms with Crippen molar-refractivity contribution in [1.82, 2.24) is 14.8 Å². The summed E-state index contributed by atoms with van der Waals surface area (Å²) < 4.78 is 18.7. The molecule has 0 unspecified atom stereocenters.